The maximum Gasteiger partial charge on any atom is 0.137 e. The van der Waals surface area contributed by atoms with E-state index in [0.717, 1.165) is 17.8 Å². The molecule has 0 radical (unpaired) electrons. The Morgan fingerprint density at radius 3 is 3.09 bits per heavy atom. The predicted molar refractivity (Wildman–Crippen MR) is 45.5 cm³/mol. The maximum absolute atomic E-state index is 4.40. The number of aromatic amines is 1. The Bertz CT molecular complexity index is 362. The Morgan fingerprint density at radius 1 is 1.36 bits per heavy atom. The molecule has 0 saturated heterocycles. The van der Waals surface area contributed by atoms with Crippen LogP contribution in [-0.4, -0.2) is 9.97 Å². The molecule has 56 valence electrons. The van der Waals surface area contributed by atoms with Crippen molar-refractivity contribution in [1.82, 2.24) is 9.97 Å². The van der Waals surface area contributed by atoms with E-state index in [0.29, 0.717) is 0 Å². The van der Waals surface area contributed by atoms with Gasteiger partial charge in [0.15, 0.2) is 0 Å². The van der Waals surface area contributed by atoms with Crippen LogP contribution in [0.25, 0.3) is 11.0 Å². The molecule has 0 saturated carbocycles. The molecular weight excluding hydrogens is 136 g/mol. The number of nitrogens with zero attached hydrogens (tertiary/aromatic N) is 1. The Hall–Kier alpha value is -1.31. The monoisotopic (exact) mass is 146 g/mol. The van der Waals surface area contributed by atoms with E-state index in [-0.39, 0.29) is 0 Å². The molecule has 0 unspecified atom stereocenters. The van der Waals surface area contributed by atoms with Crippen LogP contribution in [0.5, 0.6) is 0 Å². The van der Waals surface area contributed by atoms with Crippen molar-refractivity contribution in [3.8, 4) is 0 Å². The van der Waals surface area contributed by atoms with Crippen LogP contribution < -0.4 is 0 Å². The van der Waals surface area contributed by atoms with E-state index in [2.05, 4.69) is 29.0 Å². The lowest BCUT2D eigenvalue weighted by Crippen LogP contribution is -1.85. The van der Waals surface area contributed by atoms with Crippen LogP contribution in [0, 0.1) is 0 Å². The molecule has 11 heavy (non-hydrogen) atoms. The van der Waals surface area contributed by atoms with Gasteiger partial charge in [-0.3, -0.25) is 0 Å². The molecule has 0 bridgehead atoms. The second-order valence-corrected chi connectivity index (χ2v) is 2.57. The van der Waals surface area contributed by atoms with Crippen LogP contribution in [0.1, 0.15) is 12.6 Å². The molecule has 2 nitrogen and oxygen atoms in total. The van der Waals surface area contributed by atoms with Crippen molar-refractivity contribution < 1.29 is 0 Å². The fourth-order valence-corrected chi connectivity index (χ4v) is 1.17. The third-order valence-corrected chi connectivity index (χ3v) is 1.83. The number of H-pyrrole nitrogens is 1. The highest BCUT2D eigenvalue weighted by Gasteiger charge is 1.95. The highest BCUT2D eigenvalue weighted by atomic mass is 14.8. The topological polar surface area (TPSA) is 28.7 Å². The van der Waals surface area contributed by atoms with Crippen molar-refractivity contribution in [1.29, 1.82) is 0 Å². The average Bonchev–Trinajstić information content (AvgIpc) is 2.50. The van der Waals surface area contributed by atoms with Crippen molar-refractivity contribution in [2.75, 3.05) is 0 Å². The molecule has 1 N–H and O–H groups in total. The first-order valence-corrected chi connectivity index (χ1v) is 3.83. The molecule has 2 heterocycles. The van der Waals surface area contributed by atoms with Crippen LogP contribution in [0.2, 0.25) is 0 Å². The molecule has 0 aromatic carbocycles. The van der Waals surface area contributed by atoms with Crippen molar-refractivity contribution in [3.63, 3.8) is 0 Å². The first-order chi connectivity index (χ1) is 5.40. The number of hydrogen-bond donors (Lipinski definition) is 1. The minimum absolute atomic E-state index is 0.990. The molecule has 0 amide bonds. The average molecular weight is 146 g/mol. The van der Waals surface area contributed by atoms with Crippen molar-refractivity contribution in [3.05, 3.63) is 30.1 Å². The number of pyridine rings is 1. The summed E-state index contributed by atoms with van der Waals surface area (Å²) in [6.45, 7) is 2.11. The summed E-state index contributed by atoms with van der Waals surface area (Å²) in [6.07, 6.45) is 2.91. The third-order valence-electron chi connectivity index (χ3n) is 1.83. The Balaban J connectivity index is 2.67. The Morgan fingerprint density at radius 2 is 2.27 bits per heavy atom. The summed E-state index contributed by atoms with van der Waals surface area (Å²) in [7, 11) is 0. The molecule has 0 atom stereocenters. The van der Waals surface area contributed by atoms with E-state index in [1.807, 2.05) is 12.3 Å². The number of aryl methyl sites for hydroxylation is 1. The molecule has 2 aromatic heterocycles. The van der Waals surface area contributed by atoms with Crippen LogP contribution in [-0.2, 0) is 6.42 Å². The first-order valence-electron chi connectivity index (χ1n) is 3.83. The summed E-state index contributed by atoms with van der Waals surface area (Å²) in [5, 5.41) is 1.18. The Labute approximate surface area is 65.3 Å². The minimum atomic E-state index is 0.990. The molecule has 0 spiro atoms. The fraction of sp³-hybridized carbons (Fsp3) is 0.222. The van der Waals surface area contributed by atoms with Crippen molar-refractivity contribution in [2.45, 2.75) is 13.3 Å². The summed E-state index contributed by atoms with van der Waals surface area (Å²) < 4.78 is 0. The van der Waals surface area contributed by atoms with Gasteiger partial charge in [-0.1, -0.05) is 6.92 Å². The normalized spacial score (nSPS) is 10.6. The van der Waals surface area contributed by atoms with Gasteiger partial charge in [0.1, 0.15) is 5.65 Å². The summed E-state index contributed by atoms with van der Waals surface area (Å²) >= 11 is 0. The van der Waals surface area contributed by atoms with Gasteiger partial charge in [0.2, 0.25) is 0 Å². The maximum atomic E-state index is 4.40. The van der Waals surface area contributed by atoms with Crippen molar-refractivity contribution in [2.24, 2.45) is 0 Å². The first kappa shape index (κ1) is 6.40. The smallest absolute Gasteiger partial charge is 0.137 e. The van der Waals surface area contributed by atoms with Gasteiger partial charge in [-0.2, -0.15) is 0 Å². The lowest BCUT2D eigenvalue weighted by atomic mass is 10.2. The van der Waals surface area contributed by atoms with Crippen LogP contribution in [0.15, 0.2) is 24.4 Å². The standard InChI is InChI=1S/C9H10N2/c1-2-8-4-3-7-5-6-10-9(7)11-8/h3-6H,2H2,1H3,(H,10,11). The van der Waals surface area contributed by atoms with Crippen LogP contribution in [0.3, 0.4) is 0 Å². The van der Waals surface area contributed by atoms with Crippen LogP contribution in [0.4, 0.5) is 0 Å². The predicted octanol–water partition coefficient (Wildman–Crippen LogP) is 2.13. The molecule has 2 aromatic rings. The van der Waals surface area contributed by atoms with Gasteiger partial charge >= 0.3 is 0 Å². The SMILES string of the molecule is CCc1ccc2cc[nH]c2n1. The minimum Gasteiger partial charge on any atom is -0.346 e. The number of rotatable bonds is 1. The third kappa shape index (κ3) is 1.00. The van der Waals surface area contributed by atoms with E-state index in [9.17, 15) is 0 Å². The molecule has 0 fully saturated rings. The van der Waals surface area contributed by atoms with Gasteiger partial charge in [0.05, 0.1) is 0 Å². The number of nitrogens with one attached hydrogen (secondary N) is 1. The largest absolute Gasteiger partial charge is 0.346 e. The van der Waals surface area contributed by atoms with E-state index in [1.165, 1.54) is 5.39 Å². The van der Waals surface area contributed by atoms with E-state index in [1.54, 1.807) is 0 Å². The van der Waals surface area contributed by atoms with Gasteiger partial charge in [0, 0.05) is 17.3 Å². The summed E-state index contributed by atoms with van der Waals surface area (Å²) in [5.74, 6) is 0. The molecule has 2 heteroatoms. The van der Waals surface area contributed by atoms with Gasteiger partial charge in [-0.05, 0) is 24.6 Å². The van der Waals surface area contributed by atoms with Crippen molar-refractivity contribution >= 4 is 11.0 Å². The van der Waals surface area contributed by atoms with E-state index < -0.39 is 0 Å². The zero-order chi connectivity index (χ0) is 7.68. The zero-order valence-electron chi connectivity index (χ0n) is 6.46. The Kier molecular flexibility index (Phi) is 1.39. The number of fused-ring (bicyclic) bond motifs is 1. The molecule has 0 aliphatic rings. The highest BCUT2D eigenvalue weighted by molar-refractivity contribution is 5.75. The van der Waals surface area contributed by atoms with E-state index in [4.69, 9.17) is 0 Å². The summed E-state index contributed by atoms with van der Waals surface area (Å²) in [6, 6.07) is 6.19. The van der Waals surface area contributed by atoms with E-state index >= 15 is 0 Å². The van der Waals surface area contributed by atoms with Gasteiger partial charge in [-0.25, -0.2) is 4.98 Å². The quantitative estimate of drug-likeness (QED) is 0.656. The van der Waals surface area contributed by atoms with Gasteiger partial charge < -0.3 is 4.98 Å². The lowest BCUT2D eigenvalue weighted by molar-refractivity contribution is 1.05. The fourth-order valence-electron chi connectivity index (χ4n) is 1.17. The van der Waals surface area contributed by atoms with Gasteiger partial charge in [0.25, 0.3) is 0 Å². The second kappa shape index (κ2) is 2.38. The molecule has 0 aliphatic carbocycles. The number of aromatic nitrogens is 2. The molecular formula is C9H10N2. The summed E-state index contributed by atoms with van der Waals surface area (Å²) in [4.78, 5) is 7.48. The van der Waals surface area contributed by atoms with Crippen LogP contribution >= 0.6 is 0 Å². The zero-order valence-corrected chi connectivity index (χ0v) is 6.46. The number of hydrogen-bond acceptors (Lipinski definition) is 1. The molecule has 0 aliphatic heterocycles. The molecule has 2 rings (SSSR count). The highest BCUT2D eigenvalue weighted by Crippen LogP contribution is 2.09. The summed E-state index contributed by atoms with van der Waals surface area (Å²) in [5.41, 5.74) is 2.13. The van der Waals surface area contributed by atoms with Gasteiger partial charge in [-0.15, -0.1) is 0 Å². The second-order valence-electron chi connectivity index (χ2n) is 2.57. The lowest BCUT2D eigenvalue weighted by Gasteiger charge is -1.93.